The number of hydrogen-bond acceptors (Lipinski definition) is 4. The maximum absolute atomic E-state index is 4.70. The number of aryl methyl sites for hydroxylation is 1. The Labute approximate surface area is 161 Å². The average Bonchev–Trinajstić information content (AvgIpc) is 3.16. The molecule has 0 amide bonds. The van der Waals surface area contributed by atoms with Crippen LogP contribution in [-0.2, 0) is 19.6 Å². The van der Waals surface area contributed by atoms with Crippen molar-refractivity contribution in [3.8, 4) is 0 Å². The second-order valence-electron chi connectivity index (χ2n) is 6.91. The molecule has 1 saturated heterocycles. The number of likely N-dealkylation sites (tertiary alicyclic amines) is 1. The molecule has 1 aliphatic rings. The van der Waals surface area contributed by atoms with Crippen LogP contribution < -0.4 is 10.6 Å². The fraction of sp³-hybridized carbons (Fsp3) is 0.550. The van der Waals surface area contributed by atoms with Gasteiger partial charge in [-0.1, -0.05) is 30.3 Å². The van der Waals surface area contributed by atoms with Gasteiger partial charge in [0.15, 0.2) is 11.8 Å². The second-order valence-corrected chi connectivity index (χ2v) is 6.91. The molecule has 146 valence electrons. The first kappa shape index (κ1) is 19.4. The summed E-state index contributed by atoms with van der Waals surface area (Å²) in [4.78, 5) is 7.23. The summed E-state index contributed by atoms with van der Waals surface area (Å²) in [5.74, 6) is 1.76. The second kappa shape index (κ2) is 10.1. The van der Waals surface area contributed by atoms with Crippen LogP contribution in [0.15, 0.2) is 41.7 Å². The highest BCUT2D eigenvalue weighted by Crippen LogP contribution is 2.13. The topological polar surface area (TPSA) is 70.4 Å². The fourth-order valence-electron chi connectivity index (χ4n) is 3.41. The Morgan fingerprint density at radius 1 is 1.19 bits per heavy atom. The van der Waals surface area contributed by atoms with E-state index in [-0.39, 0.29) is 0 Å². The van der Waals surface area contributed by atoms with Gasteiger partial charge < -0.3 is 15.2 Å². The molecule has 0 saturated carbocycles. The van der Waals surface area contributed by atoms with E-state index in [0.717, 1.165) is 57.3 Å². The Morgan fingerprint density at radius 2 is 1.96 bits per heavy atom. The van der Waals surface area contributed by atoms with Gasteiger partial charge in [-0.05, 0) is 32.3 Å². The zero-order valence-electron chi connectivity index (χ0n) is 16.4. The summed E-state index contributed by atoms with van der Waals surface area (Å²) in [6, 6.07) is 11.2. The van der Waals surface area contributed by atoms with Crippen molar-refractivity contribution in [2.45, 2.75) is 52.4 Å². The molecule has 2 heterocycles. The molecule has 2 N–H and O–H groups in total. The number of aromatic nitrogens is 3. The van der Waals surface area contributed by atoms with Gasteiger partial charge in [0.2, 0.25) is 0 Å². The van der Waals surface area contributed by atoms with Crippen LogP contribution in [0, 0.1) is 0 Å². The van der Waals surface area contributed by atoms with E-state index >= 15 is 0 Å². The monoisotopic (exact) mass is 369 g/mol. The third kappa shape index (κ3) is 5.79. The molecule has 1 aromatic heterocycles. The van der Waals surface area contributed by atoms with Crippen LogP contribution in [0.3, 0.4) is 0 Å². The van der Waals surface area contributed by atoms with E-state index in [1.165, 1.54) is 5.56 Å². The molecule has 1 fully saturated rings. The first-order valence-electron chi connectivity index (χ1n) is 9.96. The van der Waals surface area contributed by atoms with Crippen molar-refractivity contribution in [3.63, 3.8) is 0 Å². The number of rotatable bonds is 7. The van der Waals surface area contributed by atoms with Crippen molar-refractivity contribution in [2.24, 2.45) is 4.99 Å². The van der Waals surface area contributed by atoms with Crippen LogP contribution in [0.25, 0.3) is 0 Å². The largest absolute Gasteiger partial charge is 0.357 e. The third-order valence-corrected chi connectivity index (χ3v) is 4.94. The minimum Gasteiger partial charge on any atom is -0.357 e. The smallest absolute Gasteiger partial charge is 0.191 e. The van der Waals surface area contributed by atoms with Crippen molar-refractivity contribution in [3.05, 3.63) is 48.0 Å². The van der Waals surface area contributed by atoms with Gasteiger partial charge in [0.05, 0.1) is 0 Å². The highest BCUT2D eigenvalue weighted by molar-refractivity contribution is 5.80. The summed E-state index contributed by atoms with van der Waals surface area (Å²) in [6.07, 6.45) is 4.01. The maximum atomic E-state index is 4.70. The number of aliphatic imine (C=N–C) groups is 1. The lowest BCUT2D eigenvalue weighted by atomic mass is 10.0. The molecule has 0 spiro atoms. The van der Waals surface area contributed by atoms with Gasteiger partial charge in [-0.25, -0.2) is 4.99 Å². The predicted molar refractivity (Wildman–Crippen MR) is 108 cm³/mol. The minimum atomic E-state index is 0.457. The molecule has 7 heteroatoms. The number of guanidine groups is 1. The van der Waals surface area contributed by atoms with Gasteiger partial charge in [0, 0.05) is 38.8 Å². The predicted octanol–water partition coefficient (Wildman–Crippen LogP) is 2.02. The van der Waals surface area contributed by atoms with Crippen LogP contribution in [0.1, 0.15) is 38.1 Å². The van der Waals surface area contributed by atoms with E-state index in [4.69, 9.17) is 4.99 Å². The van der Waals surface area contributed by atoms with E-state index in [1.54, 1.807) is 6.33 Å². The molecule has 2 aromatic rings. The van der Waals surface area contributed by atoms with Crippen LogP contribution in [0.2, 0.25) is 0 Å². The Bertz CT molecular complexity index is 702. The summed E-state index contributed by atoms with van der Waals surface area (Å²) in [5, 5.41) is 15.1. The lowest BCUT2D eigenvalue weighted by Crippen LogP contribution is -2.48. The van der Waals surface area contributed by atoms with Crippen molar-refractivity contribution >= 4 is 5.96 Å². The zero-order chi connectivity index (χ0) is 18.9. The van der Waals surface area contributed by atoms with E-state index in [1.807, 2.05) is 4.57 Å². The molecule has 1 aliphatic heterocycles. The Hall–Kier alpha value is -2.41. The SMILES string of the molecule is CCNC(=NCc1nncn1CC)NC1CCN(Cc2ccccc2)CC1. The van der Waals surface area contributed by atoms with Gasteiger partial charge in [-0.15, -0.1) is 10.2 Å². The Balaban J connectivity index is 1.49. The summed E-state index contributed by atoms with van der Waals surface area (Å²) >= 11 is 0. The summed E-state index contributed by atoms with van der Waals surface area (Å²) in [5.41, 5.74) is 1.39. The molecular formula is C20H31N7. The lowest BCUT2D eigenvalue weighted by molar-refractivity contribution is 0.198. The van der Waals surface area contributed by atoms with Crippen LogP contribution >= 0.6 is 0 Å². The third-order valence-electron chi connectivity index (χ3n) is 4.94. The summed E-state index contributed by atoms with van der Waals surface area (Å²) < 4.78 is 2.02. The lowest BCUT2D eigenvalue weighted by Gasteiger charge is -2.33. The van der Waals surface area contributed by atoms with Crippen LogP contribution in [0.5, 0.6) is 0 Å². The van der Waals surface area contributed by atoms with E-state index < -0.39 is 0 Å². The molecule has 0 atom stereocenters. The molecule has 7 nitrogen and oxygen atoms in total. The van der Waals surface area contributed by atoms with E-state index in [0.29, 0.717) is 12.6 Å². The first-order chi connectivity index (χ1) is 13.3. The molecule has 0 aliphatic carbocycles. The number of nitrogens with one attached hydrogen (secondary N) is 2. The van der Waals surface area contributed by atoms with Crippen molar-refractivity contribution in [1.82, 2.24) is 30.3 Å². The van der Waals surface area contributed by atoms with Crippen molar-refractivity contribution in [2.75, 3.05) is 19.6 Å². The quantitative estimate of drug-likeness (QED) is 0.577. The average molecular weight is 370 g/mol. The van der Waals surface area contributed by atoms with Crippen LogP contribution in [0.4, 0.5) is 0 Å². The summed E-state index contributed by atoms with van der Waals surface area (Å²) in [6.45, 7) is 9.68. The van der Waals surface area contributed by atoms with E-state index in [2.05, 4.69) is 69.9 Å². The zero-order valence-corrected chi connectivity index (χ0v) is 16.4. The standard InChI is InChI=1S/C20H31N7/c1-3-21-20(22-14-19-25-23-16-27(19)4-2)24-18-10-12-26(13-11-18)15-17-8-6-5-7-9-17/h5-9,16,18H,3-4,10-15H2,1-2H3,(H2,21,22,24). The molecule has 0 unspecified atom stereocenters. The van der Waals surface area contributed by atoms with Crippen LogP contribution in [-0.4, -0.2) is 51.3 Å². The van der Waals surface area contributed by atoms with Gasteiger partial charge in [-0.3, -0.25) is 4.90 Å². The maximum Gasteiger partial charge on any atom is 0.191 e. The summed E-state index contributed by atoms with van der Waals surface area (Å²) in [7, 11) is 0. The molecule has 0 bridgehead atoms. The number of benzene rings is 1. The highest BCUT2D eigenvalue weighted by atomic mass is 15.3. The molecule has 1 aromatic carbocycles. The van der Waals surface area contributed by atoms with Gasteiger partial charge in [-0.2, -0.15) is 0 Å². The number of nitrogens with zero attached hydrogens (tertiary/aromatic N) is 5. The molecular weight excluding hydrogens is 338 g/mol. The van der Waals surface area contributed by atoms with Crippen molar-refractivity contribution in [1.29, 1.82) is 0 Å². The normalized spacial score (nSPS) is 16.4. The number of piperidine rings is 1. The fourth-order valence-corrected chi connectivity index (χ4v) is 3.41. The van der Waals surface area contributed by atoms with E-state index in [9.17, 15) is 0 Å². The minimum absolute atomic E-state index is 0.457. The number of hydrogen-bond donors (Lipinski definition) is 2. The molecule has 27 heavy (non-hydrogen) atoms. The van der Waals surface area contributed by atoms with Gasteiger partial charge >= 0.3 is 0 Å². The van der Waals surface area contributed by atoms with Gasteiger partial charge in [0.25, 0.3) is 0 Å². The first-order valence-corrected chi connectivity index (χ1v) is 9.96. The molecule has 0 radical (unpaired) electrons. The molecule has 3 rings (SSSR count). The highest BCUT2D eigenvalue weighted by Gasteiger charge is 2.20. The Morgan fingerprint density at radius 3 is 2.67 bits per heavy atom. The van der Waals surface area contributed by atoms with Gasteiger partial charge in [0.1, 0.15) is 12.9 Å². The van der Waals surface area contributed by atoms with Crippen molar-refractivity contribution < 1.29 is 0 Å². The Kier molecular flexibility index (Phi) is 7.21.